The Morgan fingerprint density at radius 2 is 1.03 bits per heavy atom. The van der Waals surface area contributed by atoms with Crippen molar-refractivity contribution in [3.05, 3.63) is 0 Å². The Hall–Kier alpha value is -0.706. The summed E-state index contributed by atoms with van der Waals surface area (Å²) in [5.74, 6) is -4.51. The van der Waals surface area contributed by atoms with Gasteiger partial charge in [-0.1, -0.05) is 0 Å². The van der Waals surface area contributed by atoms with Crippen molar-refractivity contribution in [2.75, 3.05) is 6.61 Å². The first kappa shape index (κ1) is 35.3. The maximum Gasteiger partial charge on any atom is 0.337 e. The Kier molecular flexibility index (Phi) is 12.6. The lowest BCUT2D eigenvalue weighted by atomic mass is 9.95. The number of carboxylic acid groups (broad SMARTS) is 3. The van der Waals surface area contributed by atoms with Crippen molar-refractivity contribution in [3.63, 3.8) is 0 Å². The van der Waals surface area contributed by atoms with Crippen LogP contribution in [-0.4, -0.2) is 87.8 Å². The highest BCUT2D eigenvalue weighted by Crippen LogP contribution is 2.28. The number of hydrogen-bond donors (Lipinski definition) is 3. The van der Waals surface area contributed by atoms with Crippen molar-refractivity contribution >= 4 is 60.2 Å². The summed E-state index contributed by atoms with van der Waals surface area (Å²) in [7, 11) is -11.6. The third-order valence-electron chi connectivity index (χ3n) is 4.62. The van der Waals surface area contributed by atoms with E-state index in [0.717, 1.165) is 0 Å². The summed E-state index contributed by atoms with van der Waals surface area (Å²) in [6.45, 7) is 22.3. The maximum atomic E-state index is 11.7. The van der Waals surface area contributed by atoms with Crippen LogP contribution in [0.3, 0.4) is 0 Å². The molecular formula is C20H46O11Si5. The Bertz CT molecular complexity index is 763. The lowest BCUT2D eigenvalue weighted by Gasteiger charge is -2.42. The molecular weight excluding hydrogens is 557 g/mol. The minimum absolute atomic E-state index is 0.104. The van der Waals surface area contributed by atoms with Crippen LogP contribution in [-0.2, 0) is 35.6 Å². The standard InChI is InChI=1S/C20H46O11Si5/c1-32(2,3)28-34(6,7)30-36(10,11)31-35(8,9)29-33(4,5)14-12-13-27-20(19(25)26,15-17(21)22)16-18(23)24/h12-16H2,1-11H3,(H,21,22)(H,23,24)(H,25,26). The number of carbonyl (C=O) groups is 3. The van der Waals surface area contributed by atoms with Gasteiger partial charge in [0.05, 0.1) is 12.8 Å². The van der Waals surface area contributed by atoms with Crippen LogP contribution >= 0.6 is 0 Å². The van der Waals surface area contributed by atoms with E-state index in [-0.39, 0.29) is 6.61 Å². The molecule has 11 nitrogen and oxygen atoms in total. The van der Waals surface area contributed by atoms with Gasteiger partial charge in [0, 0.05) is 6.61 Å². The van der Waals surface area contributed by atoms with Gasteiger partial charge < -0.3 is 36.5 Å². The van der Waals surface area contributed by atoms with Crippen LogP contribution in [0.2, 0.25) is 78.1 Å². The molecule has 16 heteroatoms. The van der Waals surface area contributed by atoms with Crippen LogP contribution in [0.4, 0.5) is 0 Å². The second-order valence-electron chi connectivity index (χ2n) is 11.9. The molecule has 0 aromatic heterocycles. The molecule has 212 valence electrons. The van der Waals surface area contributed by atoms with Crippen LogP contribution in [0.1, 0.15) is 19.3 Å². The van der Waals surface area contributed by atoms with Gasteiger partial charge in [-0.15, -0.1) is 0 Å². The number of aliphatic carboxylic acids is 3. The van der Waals surface area contributed by atoms with Crippen LogP contribution in [0.15, 0.2) is 0 Å². The molecule has 0 aromatic carbocycles. The molecule has 0 aliphatic heterocycles. The van der Waals surface area contributed by atoms with Crippen molar-refractivity contribution < 1.29 is 50.9 Å². The molecule has 0 heterocycles. The zero-order valence-corrected chi connectivity index (χ0v) is 28.6. The van der Waals surface area contributed by atoms with Crippen molar-refractivity contribution in [1.82, 2.24) is 0 Å². The van der Waals surface area contributed by atoms with E-state index in [4.69, 9.17) is 31.4 Å². The smallest absolute Gasteiger partial charge is 0.337 e. The second kappa shape index (κ2) is 12.9. The zero-order chi connectivity index (χ0) is 28.8. The van der Waals surface area contributed by atoms with Crippen molar-refractivity contribution in [2.45, 2.75) is 103 Å². The Morgan fingerprint density at radius 1 is 0.639 bits per heavy atom. The van der Waals surface area contributed by atoms with Gasteiger partial charge in [0.1, 0.15) is 0 Å². The molecule has 0 rings (SSSR count). The van der Waals surface area contributed by atoms with E-state index in [2.05, 4.69) is 19.6 Å². The van der Waals surface area contributed by atoms with Crippen molar-refractivity contribution in [3.8, 4) is 0 Å². The molecule has 0 unspecified atom stereocenters. The summed E-state index contributed by atoms with van der Waals surface area (Å²) in [5.41, 5.74) is -2.32. The third-order valence-corrected chi connectivity index (χ3v) is 22.6. The Labute approximate surface area is 220 Å². The van der Waals surface area contributed by atoms with Gasteiger partial charge in [-0.2, -0.15) is 0 Å². The molecule has 0 aromatic rings. The Balaban J connectivity index is 5.13. The minimum Gasteiger partial charge on any atom is -0.481 e. The fourth-order valence-electron chi connectivity index (χ4n) is 4.33. The molecule has 0 saturated heterocycles. The molecule has 3 N–H and O–H groups in total. The highest BCUT2D eigenvalue weighted by Gasteiger charge is 2.46. The second-order valence-corrected chi connectivity index (χ2v) is 31.8. The van der Waals surface area contributed by atoms with Gasteiger partial charge in [0.25, 0.3) is 0 Å². The van der Waals surface area contributed by atoms with Crippen molar-refractivity contribution in [2.24, 2.45) is 0 Å². The quantitative estimate of drug-likeness (QED) is 0.151. The molecule has 0 radical (unpaired) electrons. The first-order valence-electron chi connectivity index (χ1n) is 11.9. The van der Waals surface area contributed by atoms with E-state index in [9.17, 15) is 19.5 Å². The molecule has 0 atom stereocenters. The zero-order valence-electron chi connectivity index (χ0n) is 23.6. The minimum atomic E-state index is -2.60. The van der Waals surface area contributed by atoms with Gasteiger partial charge in [-0.3, -0.25) is 9.59 Å². The van der Waals surface area contributed by atoms with E-state index in [1.54, 1.807) is 0 Å². The van der Waals surface area contributed by atoms with Crippen LogP contribution in [0.5, 0.6) is 0 Å². The highest BCUT2D eigenvalue weighted by molar-refractivity contribution is 6.90. The third kappa shape index (κ3) is 14.9. The fraction of sp³-hybridized carbons (Fsp3) is 0.850. The topological polar surface area (TPSA) is 158 Å². The predicted octanol–water partition coefficient (Wildman–Crippen LogP) is 4.38. The molecule has 36 heavy (non-hydrogen) atoms. The lowest BCUT2D eigenvalue weighted by Crippen LogP contribution is -2.58. The van der Waals surface area contributed by atoms with Gasteiger partial charge in [0.2, 0.25) is 0 Å². The number of hydrogen-bond acceptors (Lipinski definition) is 8. The lowest BCUT2D eigenvalue weighted by molar-refractivity contribution is -0.178. The van der Waals surface area contributed by atoms with Gasteiger partial charge in [-0.05, 0) is 84.5 Å². The van der Waals surface area contributed by atoms with E-state index in [0.29, 0.717) is 12.5 Å². The van der Waals surface area contributed by atoms with Crippen molar-refractivity contribution in [1.29, 1.82) is 0 Å². The van der Waals surface area contributed by atoms with Gasteiger partial charge in [-0.25, -0.2) is 4.79 Å². The SMILES string of the molecule is C[Si](C)(C)O[Si](C)(C)O[Si](C)(C)O[Si](C)(C)O[Si](C)(C)CCCOC(CC(=O)O)(CC(=O)O)C(=O)O. The highest BCUT2D eigenvalue weighted by atomic mass is 28.5. The molecule has 0 saturated carbocycles. The van der Waals surface area contributed by atoms with Crippen LogP contribution in [0.25, 0.3) is 0 Å². The van der Waals surface area contributed by atoms with Crippen LogP contribution < -0.4 is 0 Å². The van der Waals surface area contributed by atoms with Gasteiger partial charge in [0.15, 0.2) is 22.2 Å². The Morgan fingerprint density at radius 3 is 1.39 bits per heavy atom. The molecule has 0 fully saturated rings. The summed E-state index contributed by atoms with van der Waals surface area (Å²) in [6.07, 6.45) is -1.50. The number of carboxylic acids is 3. The average molecular weight is 603 g/mol. The summed E-state index contributed by atoms with van der Waals surface area (Å²) >= 11 is 0. The normalized spacial score (nSPS) is 14.1. The molecule has 0 aliphatic rings. The number of ether oxygens (including phenoxy) is 1. The summed E-state index contributed by atoms with van der Waals surface area (Å²) in [5, 5.41) is 27.6. The van der Waals surface area contributed by atoms with E-state index < -0.39 is 78.7 Å². The monoisotopic (exact) mass is 602 g/mol. The summed E-state index contributed by atoms with van der Waals surface area (Å²) in [4.78, 5) is 34.0. The van der Waals surface area contributed by atoms with E-state index >= 15 is 0 Å². The largest absolute Gasteiger partial charge is 0.481 e. The summed E-state index contributed by atoms with van der Waals surface area (Å²) < 4.78 is 31.1. The molecule has 0 spiro atoms. The molecule has 0 aliphatic carbocycles. The van der Waals surface area contributed by atoms with Crippen LogP contribution in [0, 0.1) is 0 Å². The van der Waals surface area contributed by atoms with Gasteiger partial charge >= 0.3 is 43.6 Å². The average Bonchev–Trinajstić information content (AvgIpc) is 2.51. The maximum absolute atomic E-state index is 11.7. The first-order chi connectivity index (χ1) is 15.8. The number of rotatable bonds is 18. The first-order valence-corrected chi connectivity index (χ1v) is 26.9. The molecule has 0 amide bonds. The molecule has 0 bridgehead atoms. The van der Waals surface area contributed by atoms with E-state index in [1.165, 1.54) is 0 Å². The van der Waals surface area contributed by atoms with E-state index in [1.807, 2.05) is 52.4 Å². The summed E-state index contributed by atoms with van der Waals surface area (Å²) in [6, 6.07) is 0.588. The predicted molar refractivity (Wildman–Crippen MR) is 148 cm³/mol. The fourth-order valence-corrected chi connectivity index (χ4v) is 28.1.